The van der Waals surface area contributed by atoms with Crippen molar-refractivity contribution in [3.05, 3.63) is 28.0 Å². The number of carbonyl (C=O) groups excluding carboxylic acids is 1. The molecule has 3 rings (SSSR count). The van der Waals surface area contributed by atoms with Crippen molar-refractivity contribution >= 4 is 28.9 Å². The van der Waals surface area contributed by atoms with E-state index in [-0.39, 0.29) is 16.7 Å². The summed E-state index contributed by atoms with van der Waals surface area (Å²) in [6, 6.07) is 1.62. The summed E-state index contributed by atoms with van der Waals surface area (Å²) in [5.41, 5.74) is 0.371. The Morgan fingerprint density at radius 3 is 3.08 bits per heavy atom. The molecule has 1 aliphatic rings. The van der Waals surface area contributed by atoms with Gasteiger partial charge >= 0.3 is 5.97 Å². The Labute approximate surface area is 149 Å². The van der Waals surface area contributed by atoms with Gasteiger partial charge in [-0.15, -0.1) is 11.3 Å². The molecule has 1 unspecified atom stereocenters. The SMILES string of the molecule is Cc1nc(C2CCCN(CCC(=O)Nc3ccsc3C(=O)O)C2)n[nH]1. The van der Waals surface area contributed by atoms with Crippen LogP contribution in [-0.2, 0) is 4.79 Å². The van der Waals surface area contributed by atoms with Crippen LogP contribution in [0, 0.1) is 6.92 Å². The highest BCUT2D eigenvalue weighted by atomic mass is 32.1. The van der Waals surface area contributed by atoms with Crippen molar-refractivity contribution in [3.8, 4) is 0 Å². The molecule has 1 saturated heterocycles. The van der Waals surface area contributed by atoms with Gasteiger partial charge in [0.2, 0.25) is 5.91 Å². The van der Waals surface area contributed by atoms with Gasteiger partial charge < -0.3 is 15.3 Å². The number of carbonyl (C=O) groups is 2. The van der Waals surface area contributed by atoms with Crippen molar-refractivity contribution in [3.63, 3.8) is 0 Å². The minimum atomic E-state index is -1.02. The maximum Gasteiger partial charge on any atom is 0.348 e. The van der Waals surface area contributed by atoms with Crippen LogP contribution in [0.25, 0.3) is 0 Å². The number of aromatic amines is 1. The van der Waals surface area contributed by atoms with E-state index in [0.29, 0.717) is 18.7 Å². The molecule has 0 aromatic carbocycles. The number of rotatable bonds is 6. The first-order chi connectivity index (χ1) is 12.0. The molecule has 8 nitrogen and oxygen atoms in total. The zero-order valence-corrected chi connectivity index (χ0v) is 14.8. The molecule has 0 radical (unpaired) electrons. The number of nitrogens with zero attached hydrogens (tertiary/aromatic N) is 3. The normalized spacial score (nSPS) is 18.2. The largest absolute Gasteiger partial charge is 0.477 e. The van der Waals surface area contributed by atoms with E-state index in [2.05, 4.69) is 25.4 Å². The summed E-state index contributed by atoms with van der Waals surface area (Å²) in [6.45, 7) is 4.31. The van der Waals surface area contributed by atoms with E-state index in [4.69, 9.17) is 5.11 Å². The third-order valence-electron chi connectivity index (χ3n) is 4.27. The first-order valence-electron chi connectivity index (χ1n) is 8.25. The predicted octanol–water partition coefficient (Wildman–Crippen LogP) is 2.08. The second-order valence-electron chi connectivity index (χ2n) is 6.19. The number of nitrogens with one attached hydrogen (secondary N) is 2. The Bertz CT molecular complexity index is 757. The molecular formula is C16H21N5O3S. The molecular weight excluding hydrogens is 342 g/mol. The van der Waals surface area contributed by atoms with Crippen molar-refractivity contribution in [2.45, 2.75) is 32.1 Å². The molecule has 1 aliphatic heterocycles. The number of anilines is 1. The monoisotopic (exact) mass is 363 g/mol. The lowest BCUT2D eigenvalue weighted by Crippen LogP contribution is -2.36. The minimum absolute atomic E-state index is 0.159. The number of aryl methyl sites for hydroxylation is 1. The molecule has 2 aromatic heterocycles. The van der Waals surface area contributed by atoms with E-state index in [0.717, 1.165) is 48.9 Å². The van der Waals surface area contributed by atoms with Crippen LogP contribution in [0.4, 0.5) is 5.69 Å². The van der Waals surface area contributed by atoms with E-state index in [9.17, 15) is 9.59 Å². The molecule has 9 heteroatoms. The second kappa shape index (κ2) is 7.75. The van der Waals surface area contributed by atoms with Crippen LogP contribution in [0.1, 0.15) is 46.5 Å². The summed E-state index contributed by atoms with van der Waals surface area (Å²) in [5.74, 6) is 0.757. The van der Waals surface area contributed by atoms with Crippen molar-refractivity contribution < 1.29 is 14.7 Å². The summed E-state index contributed by atoms with van der Waals surface area (Å²) in [5, 5.41) is 20.6. The number of likely N-dealkylation sites (tertiary alicyclic amines) is 1. The predicted molar refractivity (Wildman–Crippen MR) is 94.1 cm³/mol. The Kier molecular flexibility index (Phi) is 5.44. The zero-order chi connectivity index (χ0) is 17.8. The van der Waals surface area contributed by atoms with Gasteiger partial charge in [-0.3, -0.25) is 9.89 Å². The first-order valence-corrected chi connectivity index (χ1v) is 9.13. The van der Waals surface area contributed by atoms with E-state index in [1.165, 1.54) is 0 Å². The van der Waals surface area contributed by atoms with E-state index in [1.54, 1.807) is 11.4 Å². The van der Waals surface area contributed by atoms with Crippen LogP contribution in [0.3, 0.4) is 0 Å². The summed E-state index contributed by atoms with van der Waals surface area (Å²) < 4.78 is 0. The highest BCUT2D eigenvalue weighted by Gasteiger charge is 2.24. The van der Waals surface area contributed by atoms with Crippen molar-refractivity contribution in [1.29, 1.82) is 0 Å². The number of carboxylic acids is 1. The maximum atomic E-state index is 12.1. The number of amides is 1. The van der Waals surface area contributed by atoms with E-state index in [1.807, 2.05) is 6.92 Å². The van der Waals surface area contributed by atoms with Gasteiger partial charge in [0.15, 0.2) is 5.82 Å². The van der Waals surface area contributed by atoms with Crippen LogP contribution >= 0.6 is 11.3 Å². The molecule has 0 spiro atoms. The van der Waals surface area contributed by atoms with Crippen LogP contribution in [-0.4, -0.2) is 56.7 Å². The van der Waals surface area contributed by atoms with Gasteiger partial charge in [0, 0.05) is 25.4 Å². The molecule has 3 N–H and O–H groups in total. The molecule has 134 valence electrons. The fourth-order valence-electron chi connectivity index (χ4n) is 3.06. The van der Waals surface area contributed by atoms with Gasteiger partial charge in [-0.05, 0) is 37.8 Å². The number of aromatic carboxylic acids is 1. The lowest BCUT2D eigenvalue weighted by Gasteiger charge is -2.31. The minimum Gasteiger partial charge on any atom is -0.477 e. The fourth-order valence-corrected chi connectivity index (χ4v) is 3.74. The van der Waals surface area contributed by atoms with Gasteiger partial charge in [0.25, 0.3) is 0 Å². The van der Waals surface area contributed by atoms with Crippen molar-refractivity contribution in [1.82, 2.24) is 20.1 Å². The summed E-state index contributed by atoms with van der Waals surface area (Å²) in [6.07, 6.45) is 2.43. The lowest BCUT2D eigenvalue weighted by molar-refractivity contribution is -0.116. The highest BCUT2D eigenvalue weighted by molar-refractivity contribution is 7.12. The number of carboxylic acid groups (broad SMARTS) is 1. The number of hydrogen-bond donors (Lipinski definition) is 3. The summed E-state index contributed by atoms with van der Waals surface area (Å²) >= 11 is 1.10. The summed E-state index contributed by atoms with van der Waals surface area (Å²) in [7, 11) is 0. The van der Waals surface area contributed by atoms with E-state index >= 15 is 0 Å². The smallest absolute Gasteiger partial charge is 0.348 e. The third kappa shape index (κ3) is 4.43. The number of thiophene rings is 1. The van der Waals surface area contributed by atoms with Gasteiger partial charge in [0.05, 0.1) is 5.69 Å². The lowest BCUT2D eigenvalue weighted by atomic mass is 9.97. The zero-order valence-electron chi connectivity index (χ0n) is 14.0. The van der Waals surface area contributed by atoms with Gasteiger partial charge in [-0.2, -0.15) is 5.10 Å². The molecule has 0 aliphatic carbocycles. The standard InChI is InChI=1S/C16H21N5O3S/c1-10-17-15(20-19-10)11-3-2-6-21(9-11)7-4-13(22)18-12-5-8-25-14(12)16(23)24/h5,8,11H,2-4,6-7,9H2,1H3,(H,18,22)(H,23,24)(H,17,19,20). The third-order valence-corrected chi connectivity index (χ3v) is 5.18. The number of H-pyrrole nitrogens is 1. The molecule has 25 heavy (non-hydrogen) atoms. The quantitative estimate of drug-likeness (QED) is 0.724. The molecule has 0 bridgehead atoms. The Morgan fingerprint density at radius 2 is 2.36 bits per heavy atom. The Hall–Kier alpha value is -2.26. The molecule has 0 saturated carbocycles. The molecule has 3 heterocycles. The molecule has 2 aromatic rings. The average Bonchev–Trinajstić information content (AvgIpc) is 3.22. The number of aromatic nitrogens is 3. The van der Waals surface area contributed by atoms with Crippen molar-refractivity contribution in [2.24, 2.45) is 0 Å². The molecule has 1 atom stereocenters. The second-order valence-corrected chi connectivity index (χ2v) is 7.10. The van der Waals surface area contributed by atoms with Crippen LogP contribution in [0.2, 0.25) is 0 Å². The van der Waals surface area contributed by atoms with Crippen LogP contribution < -0.4 is 5.32 Å². The Balaban J connectivity index is 1.50. The topological polar surface area (TPSA) is 111 Å². The van der Waals surface area contributed by atoms with Gasteiger partial charge in [0.1, 0.15) is 10.7 Å². The average molecular weight is 363 g/mol. The van der Waals surface area contributed by atoms with Gasteiger partial charge in [-0.1, -0.05) is 0 Å². The van der Waals surface area contributed by atoms with Crippen LogP contribution in [0.5, 0.6) is 0 Å². The van der Waals surface area contributed by atoms with Gasteiger partial charge in [-0.25, -0.2) is 9.78 Å². The maximum absolute atomic E-state index is 12.1. The molecule has 1 amide bonds. The Morgan fingerprint density at radius 1 is 1.52 bits per heavy atom. The van der Waals surface area contributed by atoms with Crippen molar-refractivity contribution in [2.75, 3.05) is 25.0 Å². The van der Waals surface area contributed by atoms with E-state index < -0.39 is 5.97 Å². The first kappa shape index (κ1) is 17.6. The molecule has 1 fully saturated rings. The van der Waals surface area contributed by atoms with Crippen LogP contribution in [0.15, 0.2) is 11.4 Å². The number of hydrogen-bond acceptors (Lipinski definition) is 6. The highest BCUT2D eigenvalue weighted by Crippen LogP contribution is 2.25. The fraction of sp³-hybridized carbons (Fsp3) is 0.500. The summed E-state index contributed by atoms with van der Waals surface area (Å²) in [4.78, 5) is 30.0. The number of piperidine rings is 1.